The van der Waals surface area contributed by atoms with Crippen LogP contribution >= 0.6 is 0 Å². The van der Waals surface area contributed by atoms with Crippen LogP contribution in [0.4, 0.5) is 0 Å². The number of hydrogen-bond acceptors (Lipinski definition) is 4. The average molecular weight is 301 g/mol. The number of aliphatic hydroxyl groups is 1. The highest BCUT2D eigenvalue weighted by Crippen LogP contribution is 2.24. The Morgan fingerprint density at radius 1 is 1.32 bits per heavy atom. The lowest BCUT2D eigenvalue weighted by Gasteiger charge is -2.23. The van der Waals surface area contributed by atoms with Gasteiger partial charge in [-0.1, -0.05) is 17.7 Å². The Labute approximate surface area is 131 Å². The first kappa shape index (κ1) is 15.1. The third kappa shape index (κ3) is 3.67. The van der Waals surface area contributed by atoms with Gasteiger partial charge in [0.2, 0.25) is 0 Å². The molecule has 0 spiro atoms. The maximum atomic E-state index is 10.7. The molecule has 2 aromatic rings. The van der Waals surface area contributed by atoms with Crippen LogP contribution in [0.15, 0.2) is 36.7 Å². The molecule has 0 saturated carbocycles. The first-order chi connectivity index (χ1) is 10.5. The Balaban J connectivity index is 1.52. The fourth-order valence-electron chi connectivity index (χ4n) is 2.86. The molecule has 3 rings (SSSR count). The van der Waals surface area contributed by atoms with E-state index in [1.807, 2.05) is 50.6 Å². The van der Waals surface area contributed by atoms with Crippen molar-refractivity contribution in [2.75, 3.05) is 19.7 Å². The van der Waals surface area contributed by atoms with Crippen LogP contribution in [0.1, 0.15) is 17.5 Å². The molecule has 1 N–H and O–H groups in total. The Bertz CT molecular complexity index is 623. The SMILES string of the molecule is Cc1ccc(OCC2(O)CCN(Cc3cnn(C)c3)C2)cc1. The molecule has 1 atom stereocenters. The number of rotatable bonds is 5. The van der Waals surface area contributed by atoms with Crippen LogP contribution in [0.25, 0.3) is 0 Å². The van der Waals surface area contributed by atoms with Crippen molar-refractivity contribution in [3.8, 4) is 5.75 Å². The van der Waals surface area contributed by atoms with Crippen molar-refractivity contribution in [3.63, 3.8) is 0 Å². The zero-order valence-corrected chi connectivity index (χ0v) is 13.2. The summed E-state index contributed by atoms with van der Waals surface area (Å²) in [5.74, 6) is 0.810. The highest BCUT2D eigenvalue weighted by Gasteiger charge is 2.36. The van der Waals surface area contributed by atoms with Crippen LogP contribution < -0.4 is 4.74 Å². The van der Waals surface area contributed by atoms with Gasteiger partial charge in [0.15, 0.2) is 0 Å². The Morgan fingerprint density at radius 3 is 2.77 bits per heavy atom. The van der Waals surface area contributed by atoms with E-state index < -0.39 is 5.60 Å². The summed E-state index contributed by atoms with van der Waals surface area (Å²) in [5.41, 5.74) is 1.60. The molecule has 1 aromatic carbocycles. The summed E-state index contributed by atoms with van der Waals surface area (Å²) in [6.07, 6.45) is 4.62. The van der Waals surface area contributed by atoms with Crippen LogP contribution in [0, 0.1) is 6.92 Å². The number of likely N-dealkylation sites (tertiary alicyclic amines) is 1. The third-order valence-corrected chi connectivity index (χ3v) is 4.10. The van der Waals surface area contributed by atoms with Gasteiger partial charge in [-0.25, -0.2) is 0 Å². The third-order valence-electron chi connectivity index (χ3n) is 4.10. The van der Waals surface area contributed by atoms with E-state index in [1.54, 1.807) is 4.68 Å². The van der Waals surface area contributed by atoms with Gasteiger partial charge in [0.25, 0.3) is 0 Å². The second kappa shape index (κ2) is 6.10. The van der Waals surface area contributed by atoms with Crippen molar-refractivity contribution < 1.29 is 9.84 Å². The van der Waals surface area contributed by atoms with Crippen molar-refractivity contribution in [3.05, 3.63) is 47.8 Å². The van der Waals surface area contributed by atoms with Gasteiger partial charge in [-0.2, -0.15) is 5.10 Å². The van der Waals surface area contributed by atoms with Gasteiger partial charge in [0, 0.05) is 38.4 Å². The van der Waals surface area contributed by atoms with Crippen LogP contribution in [0.3, 0.4) is 0 Å². The molecule has 0 radical (unpaired) electrons. The van der Waals surface area contributed by atoms with E-state index >= 15 is 0 Å². The summed E-state index contributed by atoms with van der Waals surface area (Å²) in [6, 6.07) is 7.92. The fourth-order valence-corrected chi connectivity index (χ4v) is 2.86. The minimum absolute atomic E-state index is 0.333. The van der Waals surface area contributed by atoms with E-state index in [1.165, 1.54) is 11.1 Å². The molecule has 118 valence electrons. The second-order valence-corrected chi connectivity index (χ2v) is 6.31. The van der Waals surface area contributed by atoms with Crippen molar-refractivity contribution in [2.24, 2.45) is 7.05 Å². The standard InChI is InChI=1S/C17H23N3O2/c1-14-3-5-16(6-4-14)22-13-17(21)7-8-20(12-17)11-15-9-18-19(2)10-15/h3-6,9-10,21H,7-8,11-13H2,1-2H3. The summed E-state index contributed by atoms with van der Waals surface area (Å²) in [6.45, 7) is 4.71. The van der Waals surface area contributed by atoms with Gasteiger partial charge >= 0.3 is 0 Å². The number of nitrogens with zero attached hydrogens (tertiary/aromatic N) is 3. The molecule has 1 unspecified atom stereocenters. The molecule has 22 heavy (non-hydrogen) atoms. The number of benzene rings is 1. The van der Waals surface area contributed by atoms with E-state index in [9.17, 15) is 5.11 Å². The van der Waals surface area contributed by atoms with Crippen LogP contribution in [-0.4, -0.2) is 45.1 Å². The van der Waals surface area contributed by atoms with E-state index in [4.69, 9.17) is 4.74 Å². The van der Waals surface area contributed by atoms with Crippen molar-refractivity contribution >= 4 is 0 Å². The average Bonchev–Trinajstić information content (AvgIpc) is 3.06. The normalized spacial score (nSPS) is 22.1. The number of aryl methyl sites for hydroxylation is 2. The maximum Gasteiger partial charge on any atom is 0.119 e. The lowest BCUT2D eigenvalue weighted by atomic mass is 10.1. The smallest absolute Gasteiger partial charge is 0.119 e. The molecule has 5 heteroatoms. The van der Waals surface area contributed by atoms with Gasteiger partial charge in [-0.15, -0.1) is 0 Å². The van der Waals surface area contributed by atoms with E-state index in [0.29, 0.717) is 13.2 Å². The second-order valence-electron chi connectivity index (χ2n) is 6.31. The summed E-state index contributed by atoms with van der Waals surface area (Å²) < 4.78 is 7.56. The number of ether oxygens (including phenoxy) is 1. The molecule has 5 nitrogen and oxygen atoms in total. The Morgan fingerprint density at radius 2 is 2.09 bits per heavy atom. The zero-order valence-electron chi connectivity index (χ0n) is 13.2. The fraction of sp³-hybridized carbons (Fsp3) is 0.471. The quantitative estimate of drug-likeness (QED) is 0.914. The number of hydrogen-bond donors (Lipinski definition) is 1. The predicted octanol–water partition coefficient (Wildman–Crippen LogP) is 1.74. The molecular formula is C17H23N3O2. The molecular weight excluding hydrogens is 278 g/mol. The zero-order chi connectivity index (χ0) is 15.6. The van der Waals surface area contributed by atoms with Crippen LogP contribution in [0.5, 0.6) is 5.75 Å². The molecule has 0 aliphatic carbocycles. The molecule has 0 amide bonds. The van der Waals surface area contributed by atoms with E-state index in [0.717, 1.165) is 25.3 Å². The molecule has 1 aliphatic rings. The summed E-state index contributed by atoms with van der Waals surface area (Å²) in [5, 5.41) is 14.9. The number of β-amino-alcohol motifs (C(OH)–C–C–N with tert-alkyl or cyclic N) is 1. The largest absolute Gasteiger partial charge is 0.491 e. The highest BCUT2D eigenvalue weighted by atomic mass is 16.5. The lowest BCUT2D eigenvalue weighted by molar-refractivity contribution is 0.00338. The van der Waals surface area contributed by atoms with E-state index in [-0.39, 0.29) is 0 Å². The summed E-state index contributed by atoms with van der Waals surface area (Å²) >= 11 is 0. The lowest BCUT2D eigenvalue weighted by Crippen LogP contribution is -2.39. The van der Waals surface area contributed by atoms with Crippen molar-refractivity contribution in [2.45, 2.75) is 25.5 Å². The van der Waals surface area contributed by atoms with Gasteiger partial charge in [0.1, 0.15) is 18.0 Å². The number of aromatic nitrogens is 2. The van der Waals surface area contributed by atoms with Gasteiger partial charge in [-0.3, -0.25) is 9.58 Å². The van der Waals surface area contributed by atoms with Crippen molar-refractivity contribution in [1.29, 1.82) is 0 Å². The molecule has 1 saturated heterocycles. The summed E-state index contributed by atoms with van der Waals surface area (Å²) in [4.78, 5) is 2.25. The first-order valence-electron chi connectivity index (χ1n) is 7.64. The minimum atomic E-state index is -0.771. The topological polar surface area (TPSA) is 50.5 Å². The van der Waals surface area contributed by atoms with E-state index in [2.05, 4.69) is 10.00 Å². The molecule has 1 aromatic heterocycles. The first-order valence-corrected chi connectivity index (χ1v) is 7.64. The predicted molar refractivity (Wildman–Crippen MR) is 84.7 cm³/mol. The maximum absolute atomic E-state index is 10.7. The summed E-state index contributed by atoms with van der Waals surface area (Å²) in [7, 11) is 1.92. The molecule has 1 fully saturated rings. The molecule has 2 heterocycles. The van der Waals surface area contributed by atoms with Gasteiger partial charge in [0.05, 0.1) is 6.20 Å². The van der Waals surface area contributed by atoms with Crippen LogP contribution in [0.2, 0.25) is 0 Å². The monoisotopic (exact) mass is 301 g/mol. The Kier molecular flexibility index (Phi) is 4.18. The van der Waals surface area contributed by atoms with Gasteiger partial charge < -0.3 is 9.84 Å². The van der Waals surface area contributed by atoms with Crippen molar-refractivity contribution in [1.82, 2.24) is 14.7 Å². The Hall–Kier alpha value is -1.85. The van der Waals surface area contributed by atoms with Gasteiger partial charge in [-0.05, 0) is 25.5 Å². The minimum Gasteiger partial charge on any atom is -0.491 e. The molecule has 0 bridgehead atoms. The molecule has 1 aliphatic heterocycles. The highest BCUT2D eigenvalue weighted by molar-refractivity contribution is 5.26. The van der Waals surface area contributed by atoms with Crippen LogP contribution in [-0.2, 0) is 13.6 Å².